The molecule has 3 fully saturated rings. The lowest BCUT2D eigenvalue weighted by Crippen LogP contribution is -2.52. The third-order valence-corrected chi connectivity index (χ3v) is 6.02. The Morgan fingerprint density at radius 1 is 1.06 bits per heavy atom. The molecule has 0 spiro atoms. The van der Waals surface area contributed by atoms with Gasteiger partial charge in [-0.2, -0.15) is 26.3 Å². The summed E-state index contributed by atoms with van der Waals surface area (Å²) in [6, 6.07) is 0.438. The molecule has 2 saturated heterocycles. The summed E-state index contributed by atoms with van der Waals surface area (Å²) in [6.07, 6.45) is -4.79. The van der Waals surface area contributed by atoms with Crippen LogP contribution in [0.4, 0.5) is 26.3 Å². The van der Waals surface area contributed by atoms with E-state index in [0.29, 0.717) is 12.0 Å². The van der Waals surface area contributed by atoms with Crippen LogP contribution in [0.1, 0.15) is 24.3 Å². The van der Waals surface area contributed by atoms with Crippen molar-refractivity contribution >= 4 is 29.2 Å². The van der Waals surface area contributed by atoms with E-state index in [0.717, 1.165) is 50.5 Å². The molecule has 4 rings (SSSR count). The molecule has 0 bridgehead atoms. The van der Waals surface area contributed by atoms with Crippen LogP contribution >= 0.6 is 11.3 Å². The van der Waals surface area contributed by atoms with Crippen LogP contribution in [0.15, 0.2) is 11.6 Å². The molecule has 1 amide bonds. The summed E-state index contributed by atoms with van der Waals surface area (Å²) >= 11 is 1.68. The number of halogens is 6. The number of amides is 1. The number of carbonyl (C=O) groups is 3. The van der Waals surface area contributed by atoms with Gasteiger partial charge in [-0.25, -0.2) is 14.6 Å². The predicted octanol–water partition coefficient (Wildman–Crippen LogP) is 2.53. The Morgan fingerprint density at radius 3 is 2.09 bits per heavy atom. The van der Waals surface area contributed by atoms with Gasteiger partial charge >= 0.3 is 24.3 Å². The molecule has 1 aromatic heterocycles. The quantitative estimate of drug-likeness (QED) is 0.502. The van der Waals surface area contributed by atoms with E-state index in [1.54, 1.807) is 11.3 Å². The zero-order chi connectivity index (χ0) is 26.4. The van der Waals surface area contributed by atoms with E-state index in [-0.39, 0.29) is 17.9 Å². The first-order chi connectivity index (χ1) is 16.2. The summed E-state index contributed by atoms with van der Waals surface area (Å²) in [5.74, 6) is -4.80. The summed E-state index contributed by atoms with van der Waals surface area (Å²) in [6.45, 7) is 3.39. The number of likely N-dealkylation sites (tertiary alicyclic amines) is 1. The largest absolute Gasteiger partial charge is 0.490 e. The molecule has 1 aromatic rings. The number of alkyl halides is 6. The summed E-state index contributed by atoms with van der Waals surface area (Å²) in [4.78, 5) is 37.0. The van der Waals surface area contributed by atoms with Crippen molar-refractivity contribution in [2.45, 2.75) is 50.3 Å². The van der Waals surface area contributed by atoms with Gasteiger partial charge < -0.3 is 20.3 Å². The van der Waals surface area contributed by atoms with Gasteiger partial charge in [0, 0.05) is 43.2 Å². The van der Waals surface area contributed by atoms with Crippen molar-refractivity contribution in [2.24, 2.45) is 11.8 Å². The molecule has 3 heterocycles. The van der Waals surface area contributed by atoms with Crippen molar-refractivity contribution in [2.75, 3.05) is 19.7 Å². The lowest BCUT2D eigenvalue weighted by atomic mass is 9.82. The second kappa shape index (κ2) is 12.0. The highest BCUT2D eigenvalue weighted by molar-refractivity contribution is 7.09. The minimum Gasteiger partial charge on any atom is -0.475 e. The number of thiazole rings is 1. The Labute approximate surface area is 199 Å². The number of hydrogen-bond donors (Lipinski definition) is 3. The molecule has 2 aliphatic heterocycles. The number of rotatable bonds is 4. The number of aromatic nitrogens is 1. The molecule has 3 atom stereocenters. The number of carboxylic acid groups (broad SMARTS) is 2. The van der Waals surface area contributed by atoms with Crippen LogP contribution in [0, 0.1) is 11.8 Å². The first kappa shape index (κ1) is 28.8. The average molecular weight is 535 g/mol. The highest BCUT2D eigenvalue weighted by atomic mass is 32.1. The molecule has 35 heavy (non-hydrogen) atoms. The Bertz CT molecular complexity index is 838. The van der Waals surface area contributed by atoms with Gasteiger partial charge in [0.25, 0.3) is 0 Å². The van der Waals surface area contributed by atoms with Gasteiger partial charge in [0.2, 0.25) is 5.91 Å². The summed E-state index contributed by atoms with van der Waals surface area (Å²) in [7, 11) is 0. The summed E-state index contributed by atoms with van der Waals surface area (Å²) < 4.78 is 69.3. The fraction of sp³-hybridized carbons (Fsp3) is 0.684. The zero-order valence-corrected chi connectivity index (χ0v) is 18.8. The number of nitrogens with zero attached hydrogens (tertiary/aromatic N) is 2. The Hall–Kier alpha value is -2.46. The molecular formula is C19H23F6N3O6S. The molecule has 16 heteroatoms. The predicted molar refractivity (Wildman–Crippen MR) is 107 cm³/mol. The van der Waals surface area contributed by atoms with Crippen LogP contribution in [0.3, 0.4) is 0 Å². The van der Waals surface area contributed by atoms with E-state index >= 15 is 0 Å². The maximum absolute atomic E-state index is 12.5. The molecule has 0 aromatic carbocycles. The SMILES string of the molecule is O=C(NC1CC1)[C@H]1CN(Cc2nccs2)C[C@H]2OCC[C@@H]12.O=C(O)C(F)(F)F.O=C(O)C(F)(F)F. The number of hydrogen-bond acceptors (Lipinski definition) is 7. The maximum atomic E-state index is 12.5. The van der Waals surface area contributed by atoms with E-state index in [1.165, 1.54) is 0 Å². The molecule has 1 saturated carbocycles. The van der Waals surface area contributed by atoms with Crippen LogP contribution in [-0.2, 0) is 25.7 Å². The van der Waals surface area contributed by atoms with E-state index in [2.05, 4.69) is 15.2 Å². The van der Waals surface area contributed by atoms with Crippen LogP contribution in [0.25, 0.3) is 0 Å². The third kappa shape index (κ3) is 9.60. The molecule has 0 radical (unpaired) electrons. The van der Waals surface area contributed by atoms with Gasteiger partial charge in [0.05, 0.1) is 18.6 Å². The Kier molecular flexibility index (Phi) is 9.85. The number of carbonyl (C=O) groups excluding carboxylic acids is 1. The summed E-state index contributed by atoms with van der Waals surface area (Å²) in [5.41, 5.74) is 0. The van der Waals surface area contributed by atoms with E-state index in [9.17, 15) is 31.1 Å². The summed E-state index contributed by atoms with van der Waals surface area (Å²) in [5, 5.41) is 20.6. The van der Waals surface area contributed by atoms with Gasteiger partial charge in [-0.15, -0.1) is 11.3 Å². The van der Waals surface area contributed by atoms with Crippen molar-refractivity contribution in [3.05, 3.63) is 16.6 Å². The number of piperidine rings is 1. The van der Waals surface area contributed by atoms with Crippen molar-refractivity contribution in [3.63, 3.8) is 0 Å². The average Bonchev–Trinajstić information content (AvgIpc) is 3.20. The molecule has 198 valence electrons. The van der Waals surface area contributed by atoms with Gasteiger partial charge in [-0.3, -0.25) is 9.69 Å². The van der Waals surface area contributed by atoms with Gasteiger partial charge in [-0.05, 0) is 19.3 Å². The molecular weight excluding hydrogens is 512 g/mol. The minimum atomic E-state index is -5.08. The first-order valence-corrected chi connectivity index (χ1v) is 11.2. The van der Waals surface area contributed by atoms with E-state index in [4.69, 9.17) is 24.5 Å². The van der Waals surface area contributed by atoms with Crippen LogP contribution < -0.4 is 5.32 Å². The van der Waals surface area contributed by atoms with Crippen molar-refractivity contribution < 1.29 is 55.7 Å². The Balaban J connectivity index is 0.000000257. The van der Waals surface area contributed by atoms with E-state index < -0.39 is 24.3 Å². The van der Waals surface area contributed by atoms with Crippen molar-refractivity contribution in [3.8, 4) is 0 Å². The molecule has 3 aliphatic rings. The monoisotopic (exact) mass is 535 g/mol. The van der Waals surface area contributed by atoms with Gasteiger partial charge in [-0.1, -0.05) is 0 Å². The maximum Gasteiger partial charge on any atom is 0.490 e. The zero-order valence-electron chi connectivity index (χ0n) is 18.0. The normalized spacial score (nSPS) is 24.2. The third-order valence-electron chi connectivity index (χ3n) is 5.26. The minimum absolute atomic E-state index is 0.0758. The smallest absolute Gasteiger partial charge is 0.475 e. The highest BCUT2D eigenvalue weighted by Gasteiger charge is 2.45. The highest BCUT2D eigenvalue weighted by Crippen LogP contribution is 2.35. The standard InChI is InChI=1S/C15H21N3O2S.2C2HF3O2/c19-15(17-10-1-2-10)12-7-18(9-14-16-4-6-21-14)8-13-11(12)3-5-20-13;2*3-2(4,5)1(6)7/h4,6,10-13H,1-3,5,7-9H2,(H,17,19);2*(H,6,7)/t11-,12-,13+;;/m0../s1. The van der Waals surface area contributed by atoms with Crippen molar-refractivity contribution in [1.29, 1.82) is 0 Å². The second-order valence-corrected chi connectivity index (χ2v) is 8.96. The first-order valence-electron chi connectivity index (χ1n) is 10.3. The van der Waals surface area contributed by atoms with Gasteiger partial charge in [0.1, 0.15) is 5.01 Å². The number of fused-ring (bicyclic) bond motifs is 1. The fourth-order valence-corrected chi connectivity index (χ4v) is 4.18. The second-order valence-electron chi connectivity index (χ2n) is 7.98. The molecule has 3 N–H and O–H groups in total. The number of carboxylic acids is 2. The molecule has 1 aliphatic carbocycles. The number of ether oxygens (including phenoxy) is 1. The molecule has 0 unspecified atom stereocenters. The number of aliphatic carboxylic acids is 2. The topological polar surface area (TPSA) is 129 Å². The fourth-order valence-electron chi connectivity index (χ4n) is 3.52. The van der Waals surface area contributed by atoms with Crippen molar-refractivity contribution in [1.82, 2.24) is 15.2 Å². The van der Waals surface area contributed by atoms with Crippen LogP contribution in [-0.4, -0.2) is 82.1 Å². The lowest BCUT2D eigenvalue weighted by Gasteiger charge is -2.39. The van der Waals surface area contributed by atoms with E-state index in [1.807, 2.05) is 11.6 Å². The Morgan fingerprint density at radius 2 is 1.63 bits per heavy atom. The molecule has 9 nitrogen and oxygen atoms in total. The number of nitrogens with one attached hydrogen (secondary N) is 1. The van der Waals surface area contributed by atoms with Crippen LogP contribution in [0.2, 0.25) is 0 Å². The van der Waals surface area contributed by atoms with Crippen LogP contribution in [0.5, 0.6) is 0 Å². The lowest BCUT2D eigenvalue weighted by molar-refractivity contribution is -0.193. The van der Waals surface area contributed by atoms with Gasteiger partial charge in [0.15, 0.2) is 0 Å².